The zero-order valence-electron chi connectivity index (χ0n) is 13.5. The maximum absolute atomic E-state index is 12.1. The van der Waals surface area contributed by atoms with Gasteiger partial charge in [0, 0.05) is 19.0 Å². The van der Waals surface area contributed by atoms with Gasteiger partial charge < -0.3 is 5.32 Å². The van der Waals surface area contributed by atoms with E-state index in [2.05, 4.69) is 34.5 Å². The molecule has 1 aromatic carbocycles. The van der Waals surface area contributed by atoms with Crippen molar-refractivity contribution in [3.63, 3.8) is 0 Å². The van der Waals surface area contributed by atoms with Crippen LogP contribution in [0, 0.1) is 5.92 Å². The lowest BCUT2D eigenvalue weighted by Crippen LogP contribution is -2.29. The summed E-state index contributed by atoms with van der Waals surface area (Å²) >= 11 is 0. The van der Waals surface area contributed by atoms with Crippen molar-refractivity contribution >= 4 is 5.91 Å². The molecule has 1 amide bonds. The van der Waals surface area contributed by atoms with Crippen molar-refractivity contribution in [1.29, 1.82) is 0 Å². The molecule has 1 aliphatic heterocycles. The van der Waals surface area contributed by atoms with E-state index in [1.807, 2.05) is 0 Å². The summed E-state index contributed by atoms with van der Waals surface area (Å²) in [5.41, 5.74) is 2.59. The minimum Gasteiger partial charge on any atom is -0.352 e. The van der Waals surface area contributed by atoms with Crippen molar-refractivity contribution in [1.82, 2.24) is 10.2 Å². The van der Waals surface area contributed by atoms with E-state index in [0.717, 1.165) is 19.4 Å². The van der Waals surface area contributed by atoms with Crippen molar-refractivity contribution in [2.75, 3.05) is 13.1 Å². The summed E-state index contributed by atoms with van der Waals surface area (Å²) in [6.07, 6.45) is 8.60. The van der Waals surface area contributed by atoms with Gasteiger partial charge in [-0.3, -0.25) is 9.69 Å². The molecule has 1 N–H and O–H groups in total. The highest BCUT2D eigenvalue weighted by molar-refractivity contribution is 5.78. The second kappa shape index (κ2) is 7.77. The van der Waals surface area contributed by atoms with E-state index >= 15 is 0 Å². The van der Waals surface area contributed by atoms with Crippen molar-refractivity contribution < 1.29 is 4.79 Å². The van der Waals surface area contributed by atoms with E-state index in [1.165, 1.54) is 56.3 Å². The van der Waals surface area contributed by atoms with E-state index in [4.69, 9.17) is 0 Å². The highest BCUT2D eigenvalue weighted by Gasteiger charge is 2.22. The third kappa shape index (κ3) is 4.33. The van der Waals surface area contributed by atoms with Gasteiger partial charge in [0.05, 0.1) is 0 Å². The normalized spacial score (nSPS) is 20.2. The van der Waals surface area contributed by atoms with Crippen molar-refractivity contribution in [3.8, 4) is 0 Å². The van der Waals surface area contributed by atoms with Gasteiger partial charge in [-0.15, -0.1) is 0 Å². The van der Waals surface area contributed by atoms with E-state index < -0.39 is 0 Å². The first kappa shape index (κ1) is 15.5. The highest BCUT2D eigenvalue weighted by atomic mass is 16.1. The van der Waals surface area contributed by atoms with Crippen LogP contribution in [-0.4, -0.2) is 23.9 Å². The summed E-state index contributed by atoms with van der Waals surface area (Å²) in [6, 6.07) is 8.70. The quantitative estimate of drug-likeness (QED) is 0.903. The molecule has 0 bridgehead atoms. The summed E-state index contributed by atoms with van der Waals surface area (Å²) in [5, 5.41) is 3.12. The molecule has 0 unspecified atom stereocenters. The number of rotatable bonds is 5. The first-order chi connectivity index (χ1) is 10.8. The Balaban J connectivity index is 1.50. The maximum atomic E-state index is 12.1. The molecule has 1 saturated heterocycles. The Hall–Kier alpha value is -1.35. The topological polar surface area (TPSA) is 32.3 Å². The Morgan fingerprint density at radius 2 is 1.77 bits per heavy atom. The monoisotopic (exact) mass is 300 g/mol. The number of piperidine rings is 1. The number of hydrogen-bond acceptors (Lipinski definition) is 2. The number of likely N-dealkylation sites (tertiary alicyclic amines) is 1. The third-order valence-electron chi connectivity index (χ3n) is 5.04. The summed E-state index contributed by atoms with van der Waals surface area (Å²) in [7, 11) is 0. The predicted molar refractivity (Wildman–Crippen MR) is 89.4 cm³/mol. The lowest BCUT2D eigenvalue weighted by Gasteiger charge is -2.26. The number of carbonyl (C=O) groups excluding carboxylic acids is 1. The number of nitrogens with zero attached hydrogens (tertiary/aromatic N) is 1. The Labute approximate surface area is 134 Å². The second-order valence-corrected chi connectivity index (χ2v) is 6.86. The van der Waals surface area contributed by atoms with Crippen LogP contribution in [0.4, 0.5) is 0 Å². The van der Waals surface area contributed by atoms with E-state index in [9.17, 15) is 4.79 Å². The van der Waals surface area contributed by atoms with E-state index in [1.54, 1.807) is 0 Å². The number of benzene rings is 1. The summed E-state index contributed by atoms with van der Waals surface area (Å²) in [5.74, 6) is 0.510. The van der Waals surface area contributed by atoms with E-state index in [-0.39, 0.29) is 11.8 Å². The molecule has 2 aliphatic rings. The van der Waals surface area contributed by atoms with Gasteiger partial charge in [-0.1, -0.05) is 43.5 Å². The standard InChI is InChI=1S/C19H28N2O/c22-19(18-9-2-3-10-18)20-14-16-7-6-8-17(13-16)15-21-11-4-1-5-12-21/h6-8,13,18H,1-5,9-12,14-15H2,(H,20,22). The van der Waals surface area contributed by atoms with Crippen LogP contribution in [0.2, 0.25) is 0 Å². The Morgan fingerprint density at radius 1 is 1.05 bits per heavy atom. The fraction of sp³-hybridized carbons (Fsp3) is 0.632. The van der Waals surface area contributed by atoms with Crippen LogP contribution in [0.1, 0.15) is 56.1 Å². The molecule has 1 aliphatic carbocycles. The summed E-state index contributed by atoms with van der Waals surface area (Å²) < 4.78 is 0. The SMILES string of the molecule is O=C(NCc1cccc(CN2CCCCC2)c1)C1CCCC1. The second-order valence-electron chi connectivity index (χ2n) is 6.86. The van der Waals surface area contributed by atoms with Gasteiger partial charge in [-0.2, -0.15) is 0 Å². The highest BCUT2D eigenvalue weighted by Crippen LogP contribution is 2.24. The molecule has 0 aromatic heterocycles. The fourth-order valence-corrected chi connectivity index (χ4v) is 3.74. The zero-order chi connectivity index (χ0) is 15.2. The number of carbonyl (C=O) groups is 1. The average Bonchev–Trinajstić information content (AvgIpc) is 3.08. The first-order valence-electron chi connectivity index (χ1n) is 8.89. The summed E-state index contributed by atoms with van der Waals surface area (Å²) in [4.78, 5) is 14.6. The Morgan fingerprint density at radius 3 is 2.55 bits per heavy atom. The fourth-order valence-electron chi connectivity index (χ4n) is 3.74. The van der Waals surface area contributed by atoms with Crippen LogP contribution in [0.15, 0.2) is 24.3 Å². The lowest BCUT2D eigenvalue weighted by molar-refractivity contribution is -0.124. The molecule has 1 heterocycles. The lowest BCUT2D eigenvalue weighted by atomic mass is 10.1. The van der Waals surface area contributed by atoms with E-state index in [0.29, 0.717) is 6.54 Å². The molecule has 0 spiro atoms. The van der Waals surface area contributed by atoms with Crippen LogP contribution in [0.25, 0.3) is 0 Å². The third-order valence-corrected chi connectivity index (χ3v) is 5.04. The molecule has 0 radical (unpaired) electrons. The molecule has 3 nitrogen and oxygen atoms in total. The Kier molecular flexibility index (Phi) is 5.49. The molecule has 3 rings (SSSR count). The van der Waals surface area contributed by atoms with Crippen LogP contribution >= 0.6 is 0 Å². The molecule has 120 valence electrons. The van der Waals surface area contributed by atoms with Crippen LogP contribution in [0.3, 0.4) is 0 Å². The van der Waals surface area contributed by atoms with Crippen LogP contribution in [0.5, 0.6) is 0 Å². The van der Waals surface area contributed by atoms with Gasteiger partial charge in [-0.25, -0.2) is 0 Å². The van der Waals surface area contributed by atoms with Gasteiger partial charge >= 0.3 is 0 Å². The number of nitrogens with one attached hydrogen (secondary N) is 1. The molecule has 1 aromatic rings. The number of hydrogen-bond donors (Lipinski definition) is 1. The minimum absolute atomic E-state index is 0.249. The molecule has 1 saturated carbocycles. The largest absolute Gasteiger partial charge is 0.352 e. The molecule has 2 fully saturated rings. The van der Waals surface area contributed by atoms with Crippen molar-refractivity contribution in [3.05, 3.63) is 35.4 Å². The molecule has 3 heteroatoms. The predicted octanol–water partition coefficient (Wildman–Crippen LogP) is 3.48. The van der Waals surface area contributed by atoms with Crippen molar-refractivity contribution in [2.24, 2.45) is 5.92 Å². The van der Waals surface area contributed by atoms with Crippen molar-refractivity contribution in [2.45, 2.75) is 58.0 Å². The molecular formula is C19H28N2O. The summed E-state index contributed by atoms with van der Waals surface area (Å²) in [6.45, 7) is 4.17. The first-order valence-corrected chi connectivity index (χ1v) is 8.89. The van der Waals surface area contributed by atoms with Crippen LogP contribution in [-0.2, 0) is 17.9 Å². The van der Waals surface area contributed by atoms with Gasteiger partial charge in [-0.05, 0) is 49.9 Å². The average molecular weight is 300 g/mol. The van der Waals surface area contributed by atoms with Gasteiger partial charge in [0.2, 0.25) is 5.91 Å². The molecule has 0 atom stereocenters. The van der Waals surface area contributed by atoms with Gasteiger partial charge in [0.1, 0.15) is 0 Å². The minimum atomic E-state index is 0.249. The zero-order valence-corrected chi connectivity index (χ0v) is 13.5. The smallest absolute Gasteiger partial charge is 0.223 e. The molecular weight excluding hydrogens is 272 g/mol. The number of amides is 1. The maximum Gasteiger partial charge on any atom is 0.223 e. The molecule has 22 heavy (non-hydrogen) atoms. The van der Waals surface area contributed by atoms with Crippen LogP contribution < -0.4 is 5.32 Å². The van der Waals surface area contributed by atoms with Gasteiger partial charge in [0.25, 0.3) is 0 Å². The van der Waals surface area contributed by atoms with Gasteiger partial charge in [0.15, 0.2) is 0 Å². The Bertz CT molecular complexity index is 488.